The molecule has 1 heterocycles. The molecule has 2 aliphatic rings. The van der Waals surface area contributed by atoms with E-state index < -0.39 is 0 Å². The third-order valence-corrected chi connectivity index (χ3v) is 7.09. The van der Waals surface area contributed by atoms with E-state index in [1.165, 1.54) is 29.5 Å². The first-order valence-electron chi connectivity index (χ1n) is 9.44. The molecule has 0 unspecified atom stereocenters. The Morgan fingerprint density at radius 1 is 1.12 bits per heavy atom. The van der Waals surface area contributed by atoms with Gasteiger partial charge in [0.2, 0.25) is 5.91 Å². The molecule has 1 amide bonds. The summed E-state index contributed by atoms with van der Waals surface area (Å²) < 4.78 is 1.22. The Morgan fingerprint density at radius 2 is 1.96 bits per heavy atom. The number of fused-ring (bicyclic) bond motifs is 3. The lowest BCUT2D eigenvalue weighted by Crippen LogP contribution is -2.27. The zero-order chi connectivity index (χ0) is 17.7. The van der Waals surface area contributed by atoms with Gasteiger partial charge in [0.25, 0.3) is 0 Å². The number of nitrogens with one attached hydrogen (secondary N) is 1. The highest BCUT2D eigenvalue weighted by molar-refractivity contribution is 7.21. The Morgan fingerprint density at radius 3 is 2.69 bits per heavy atom. The number of hydrogen-bond acceptors (Lipinski definition) is 3. The zero-order valence-corrected chi connectivity index (χ0v) is 15.7. The normalized spacial score (nSPS) is 24.3. The zero-order valence-electron chi connectivity index (χ0n) is 14.9. The lowest BCUT2D eigenvalue weighted by molar-refractivity contribution is -0.121. The van der Waals surface area contributed by atoms with Crippen molar-refractivity contribution in [1.82, 2.24) is 4.98 Å². The third kappa shape index (κ3) is 2.82. The molecule has 0 radical (unpaired) electrons. The van der Waals surface area contributed by atoms with Crippen molar-refractivity contribution in [3.8, 4) is 10.6 Å². The summed E-state index contributed by atoms with van der Waals surface area (Å²) in [5, 5.41) is 4.15. The Kier molecular flexibility index (Phi) is 3.82. The Labute approximate surface area is 157 Å². The number of amides is 1. The van der Waals surface area contributed by atoms with Gasteiger partial charge in [-0.05, 0) is 80.0 Å². The molecule has 0 aliphatic heterocycles. The Hall–Kier alpha value is -2.20. The fourth-order valence-corrected chi connectivity index (χ4v) is 5.72. The number of carbonyl (C=O) groups is 1. The molecule has 1 aromatic heterocycles. The van der Waals surface area contributed by atoms with Crippen LogP contribution in [0.4, 0.5) is 5.69 Å². The molecule has 2 fully saturated rings. The van der Waals surface area contributed by atoms with Crippen LogP contribution in [-0.2, 0) is 4.79 Å². The van der Waals surface area contributed by atoms with Crippen LogP contribution in [0, 0.1) is 24.7 Å². The second kappa shape index (κ2) is 6.20. The van der Waals surface area contributed by atoms with E-state index in [0.29, 0.717) is 5.92 Å². The summed E-state index contributed by atoms with van der Waals surface area (Å²) in [6.07, 6.45) is 4.90. The molecule has 2 aromatic carbocycles. The minimum Gasteiger partial charge on any atom is -0.326 e. The summed E-state index contributed by atoms with van der Waals surface area (Å²) in [4.78, 5) is 17.3. The molecule has 0 spiro atoms. The smallest absolute Gasteiger partial charge is 0.227 e. The molecule has 2 aliphatic carbocycles. The summed E-state index contributed by atoms with van der Waals surface area (Å²) in [6, 6.07) is 14.5. The van der Waals surface area contributed by atoms with Crippen molar-refractivity contribution in [1.29, 1.82) is 0 Å². The molecule has 2 saturated carbocycles. The van der Waals surface area contributed by atoms with Crippen LogP contribution in [0.15, 0.2) is 42.5 Å². The first kappa shape index (κ1) is 16.0. The number of rotatable bonds is 3. The topological polar surface area (TPSA) is 42.0 Å². The van der Waals surface area contributed by atoms with Crippen LogP contribution in [0.2, 0.25) is 0 Å². The number of benzene rings is 2. The van der Waals surface area contributed by atoms with Gasteiger partial charge < -0.3 is 5.32 Å². The third-order valence-electron chi connectivity index (χ3n) is 6.02. The van der Waals surface area contributed by atoms with Crippen molar-refractivity contribution in [2.75, 3.05) is 5.32 Å². The number of anilines is 1. The van der Waals surface area contributed by atoms with Gasteiger partial charge in [-0.1, -0.05) is 12.5 Å². The van der Waals surface area contributed by atoms with Crippen molar-refractivity contribution in [3.05, 3.63) is 48.0 Å². The second-order valence-electron chi connectivity index (χ2n) is 7.84. The quantitative estimate of drug-likeness (QED) is 0.654. The fourth-order valence-electron chi connectivity index (χ4n) is 4.65. The van der Waals surface area contributed by atoms with Gasteiger partial charge in [-0.2, -0.15) is 0 Å². The molecule has 3 atom stereocenters. The van der Waals surface area contributed by atoms with Crippen LogP contribution >= 0.6 is 11.3 Å². The van der Waals surface area contributed by atoms with Crippen molar-refractivity contribution >= 4 is 33.1 Å². The van der Waals surface area contributed by atoms with Gasteiger partial charge >= 0.3 is 0 Å². The number of thiazole rings is 1. The predicted molar refractivity (Wildman–Crippen MR) is 107 cm³/mol. The SMILES string of the molecule is Cc1ccc2nc(-c3ccc(NC(=O)[C@H]4C[C@@H]5CC[C@@H]4C5)cc3)sc2c1. The Balaban J connectivity index is 1.32. The molecule has 0 saturated heterocycles. The molecular weight excluding hydrogens is 340 g/mol. The summed E-state index contributed by atoms with van der Waals surface area (Å²) >= 11 is 1.71. The van der Waals surface area contributed by atoms with Gasteiger partial charge in [-0.15, -0.1) is 11.3 Å². The van der Waals surface area contributed by atoms with Gasteiger partial charge in [0, 0.05) is 17.2 Å². The Bertz CT molecular complexity index is 975. The molecule has 2 bridgehead atoms. The summed E-state index contributed by atoms with van der Waals surface area (Å²) in [7, 11) is 0. The highest BCUT2D eigenvalue weighted by Crippen LogP contribution is 2.48. The van der Waals surface area contributed by atoms with Crippen LogP contribution in [0.25, 0.3) is 20.8 Å². The van der Waals surface area contributed by atoms with E-state index in [1.54, 1.807) is 11.3 Å². The molecule has 26 heavy (non-hydrogen) atoms. The second-order valence-corrected chi connectivity index (χ2v) is 8.87. The molecular formula is C22H22N2OS. The van der Waals surface area contributed by atoms with E-state index in [1.807, 2.05) is 12.1 Å². The lowest BCUT2D eigenvalue weighted by Gasteiger charge is -2.20. The predicted octanol–water partition coefficient (Wildman–Crippen LogP) is 5.65. The molecule has 1 N–H and O–H groups in total. The van der Waals surface area contributed by atoms with E-state index in [9.17, 15) is 4.79 Å². The van der Waals surface area contributed by atoms with Gasteiger partial charge in [0.1, 0.15) is 5.01 Å². The largest absolute Gasteiger partial charge is 0.326 e. The average molecular weight is 362 g/mol. The van der Waals surface area contributed by atoms with Gasteiger partial charge in [0.15, 0.2) is 0 Å². The minimum absolute atomic E-state index is 0.209. The first-order chi connectivity index (χ1) is 12.7. The van der Waals surface area contributed by atoms with E-state index in [0.717, 1.165) is 34.1 Å². The van der Waals surface area contributed by atoms with Crippen LogP contribution in [0.3, 0.4) is 0 Å². The van der Waals surface area contributed by atoms with E-state index in [-0.39, 0.29) is 11.8 Å². The molecule has 5 rings (SSSR count). The van der Waals surface area contributed by atoms with Crippen LogP contribution in [0.5, 0.6) is 0 Å². The number of carbonyl (C=O) groups excluding carboxylic acids is 1. The fraction of sp³-hybridized carbons (Fsp3) is 0.364. The molecule has 132 valence electrons. The molecule has 4 heteroatoms. The number of hydrogen-bond donors (Lipinski definition) is 1. The van der Waals surface area contributed by atoms with Gasteiger partial charge in [0.05, 0.1) is 10.2 Å². The molecule has 3 nitrogen and oxygen atoms in total. The van der Waals surface area contributed by atoms with Crippen LogP contribution in [-0.4, -0.2) is 10.9 Å². The lowest BCUT2D eigenvalue weighted by atomic mass is 9.88. The van der Waals surface area contributed by atoms with E-state index in [4.69, 9.17) is 4.98 Å². The number of aryl methyl sites for hydroxylation is 1. The molecule has 3 aromatic rings. The minimum atomic E-state index is 0.209. The van der Waals surface area contributed by atoms with Crippen molar-refractivity contribution < 1.29 is 4.79 Å². The maximum absolute atomic E-state index is 12.6. The maximum Gasteiger partial charge on any atom is 0.227 e. The number of nitrogens with zero attached hydrogens (tertiary/aromatic N) is 1. The summed E-state index contributed by atoms with van der Waals surface area (Å²) in [6.45, 7) is 2.10. The highest BCUT2D eigenvalue weighted by Gasteiger charge is 2.42. The van der Waals surface area contributed by atoms with Crippen molar-refractivity contribution in [2.45, 2.75) is 32.6 Å². The van der Waals surface area contributed by atoms with Gasteiger partial charge in [-0.3, -0.25) is 4.79 Å². The summed E-state index contributed by atoms with van der Waals surface area (Å²) in [5.41, 5.74) is 4.29. The van der Waals surface area contributed by atoms with Crippen LogP contribution in [0.1, 0.15) is 31.2 Å². The number of aromatic nitrogens is 1. The highest BCUT2D eigenvalue weighted by atomic mass is 32.1. The monoisotopic (exact) mass is 362 g/mol. The van der Waals surface area contributed by atoms with Crippen molar-refractivity contribution in [2.24, 2.45) is 17.8 Å². The maximum atomic E-state index is 12.6. The average Bonchev–Trinajstić information content (AvgIpc) is 3.37. The van der Waals surface area contributed by atoms with E-state index >= 15 is 0 Å². The van der Waals surface area contributed by atoms with Crippen LogP contribution < -0.4 is 5.32 Å². The standard InChI is InChI=1S/C22H22N2OS/c1-13-2-9-19-20(10-13)26-22(24-19)15-5-7-17(8-6-15)23-21(25)18-12-14-3-4-16(18)11-14/h2,5-10,14,16,18H,3-4,11-12H2,1H3,(H,23,25)/t14-,16-,18+/m1/s1. The summed E-state index contributed by atoms with van der Waals surface area (Å²) in [5.74, 6) is 1.84. The van der Waals surface area contributed by atoms with Crippen molar-refractivity contribution in [3.63, 3.8) is 0 Å². The first-order valence-corrected chi connectivity index (χ1v) is 10.3. The van der Waals surface area contributed by atoms with Gasteiger partial charge in [-0.25, -0.2) is 4.98 Å². The van der Waals surface area contributed by atoms with E-state index in [2.05, 4.69) is 42.6 Å².